The Kier molecular flexibility index (Phi) is 4.53. The summed E-state index contributed by atoms with van der Waals surface area (Å²) in [6.07, 6.45) is 3.47. The standard InChI is InChI=1S/C17H18BrN5O/c1-11-6-4-5-7-13(11)9-23-10-14(8-19-23)20-17(24)16-15(18)12(2)21-22(16)3/h4-8,10H,9H2,1-3H3,(H,20,24). The molecule has 7 heteroatoms. The van der Waals surface area contributed by atoms with Gasteiger partial charge in [0, 0.05) is 13.2 Å². The maximum Gasteiger partial charge on any atom is 0.275 e. The first-order valence-corrected chi connectivity index (χ1v) is 8.32. The molecular formula is C17H18BrN5O. The summed E-state index contributed by atoms with van der Waals surface area (Å²) < 4.78 is 4.07. The van der Waals surface area contributed by atoms with Crippen molar-refractivity contribution in [3.63, 3.8) is 0 Å². The van der Waals surface area contributed by atoms with Crippen molar-refractivity contribution in [3.8, 4) is 0 Å². The van der Waals surface area contributed by atoms with Crippen molar-refractivity contribution in [2.45, 2.75) is 20.4 Å². The van der Waals surface area contributed by atoms with Gasteiger partial charge in [-0.1, -0.05) is 24.3 Å². The van der Waals surface area contributed by atoms with Crippen LogP contribution in [0.2, 0.25) is 0 Å². The molecular weight excluding hydrogens is 370 g/mol. The highest BCUT2D eigenvalue weighted by atomic mass is 79.9. The normalized spacial score (nSPS) is 10.8. The van der Waals surface area contributed by atoms with E-state index in [0.717, 1.165) is 5.69 Å². The Hall–Kier alpha value is -2.41. The van der Waals surface area contributed by atoms with E-state index in [2.05, 4.69) is 50.5 Å². The Morgan fingerprint density at radius 3 is 2.71 bits per heavy atom. The highest BCUT2D eigenvalue weighted by Crippen LogP contribution is 2.21. The van der Waals surface area contributed by atoms with Crippen LogP contribution in [0.15, 0.2) is 41.1 Å². The zero-order valence-electron chi connectivity index (χ0n) is 13.7. The molecule has 3 aromatic rings. The largest absolute Gasteiger partial charge is 0.318 e. The van der Waals surface area contributed by atoms with Crippen LogP contribution < -0.4 is 5.32 Å². The van der Waals surface area contributed by atoms with Gasteiger partial charge in [-0.2, -0.15) is 10.2 Å². The van der Waals surface area contributed by atoms with Gasteiger partial charge in [0.1, 0.15) is 5.69 Å². The molecule has 1 N–H and O–H groups in total. The van der Waals surface area contributed by atoms with Crippen molar-refractivity contribution in [3.05, 3.63) is 63.6 Å². The van der Waals surface area contributed by atoms with Crippen LogP contribution in [0.25, 0.3) is 0 Å². The van der Waals surface area contributed by atoms with Gasteiger partial charge in [-0.15, -0.1) is 0 Å². The number of carbonyl (C=O) groups excluding carboxylic acids is 1. The molecule has 3 rings (SSSR count). The minimum atomic E-state index is -0.222. The number of aryl methyl sites for hydroxylation is 3. The van der Waals surface area contributed by atoms with Gasteiger partial charge in [-0.25, -0.2) is 0 Å². The molecule has 0 fully saturated rings. The molecule has 0 aliphatic carbocycles. The number of hydrogen-bond acceptors (Lipinski definition) is 3. The van der Waals surface area contributed by atoms with Gasteiger partial charge in [0.15, 0.2) is 0 Å². The highest BCUT2D eigenvalue weighted by molar-refractivity contribution is 9.10. The molecule has 24 heavy (non-hydrogen) atoms. The Morgan fingerprint density at radius 1 is 1.29 bits per heavy atom. The van der Waals surface area contributed by atoms with Crippen LogP contribution in [0.3, 0.4) is 0 Å². The second kappa shape index (κ2) is 6.60. The van der Waals surface area contributed by atoms with Crippen LogP contribution in [-0.2, 0) is 13.6 Å². The first-order chi connectivity index (χ1) is 11.5. The van der Waals surface area contributed by atoms with E-state index in [4.69, 9.17) is 0 Å². The molecule has 0 saturated heterocycles. The summed E-state index contributed by atoms with van der Waals surface area (Å²) in [5.41, 5.74) is 4.33. The van der Waals surface area contributed by atoms with Crippen LogP contribution in [0.4, 0.5) is 5.69 Å². The molecule has 6 nitrogen and oxygen atoms in total. The first-order valence-electron chi connectivity index (χ1n) is 7.53. The fourth-order valence-electron chi connectivity index (χ4n) is 2.55. The number of rotatable bonds is 4. The maximum atomic E-state index is 12.5. The molecule has 0 unspecified atom stereocenters. The molecule has 124 valence electrons. The third kappa shape index (κ3) is 3.26. The quantitative estimate of drug-likeness (QED) is 0.746. The van der Waals surface area contributed by atoms with Crippen molar-refractivity contribution in [1.29, 1.82) is 0 Å². The van der Waals surface area contributed by atoms with Gasteiger partial charge in [0.2, 0.25) is 0 Å². The summed E-state index contributed by atoms with van der Waals surface area (Å²) in [6.45, 7) is 4.59. The van der Waals surface area contributed by atoms with Gasteiger partial charge >= 0.3 is 0 Å². The number of halogens is 1. The number of nitrogens with one attached hydrogen (secondary N) is 1. The van der Waals surface area contributed by atoms with Crippen LogP contribution in [0.5, 0.6) is 0 Å². The van der Waals surface area contributed by atoms with E-state index in [-0.39, 0.29) is 5.91 Å². The number of nitrogens with zero attached hydrogens (tertiary/aromatic N) is 4. The van der Waals surface area contributed by atoms with E-state index < -0.39 is 0 Å². The molecule has 1 aromatic carbocycles. The van der Waals surface area contributed by atoms with Crippen molar-refractivity contribution in [1.82, 2.24) is 19.6 Å². The van der Waals surface area contributed by atoms with E-state index in [1.54, 1.807) is 17.9 Å². The van der Waals surface area contributed by atoms with Crippen molar-refractivity contribution in [2.24, 2.45) is 7.05 Å². The van der Waals surface area contributed by atoms with Gasteiger partial charge in [-0.05, 0) is 40.9 Å². The SMILES string of the molecule is Cc1ccccc1Cn1cc(NC(=O)c2c(Br)c(C)nn2C)cn1. The third-order valence-corrected chi connectivity index (χ3v) is 4.80. The van der Waals surface area contributed by atoms with Gasteiger partial charge in [-0.3, -0.25) is 14.2 Å². The molecule has 0 radical (unpaired) electrons. The minimum Gasteiger partial charge on any atom is -0.318 e. The molecule has 0 atom stereocenters. The summed E-state index contributed by atoms with van der Waals surface area (Å²) in [7, 11) is 1.74. The molecule has 1 amide bonds. The van der Waals surface area contributed by atoms with Crippen LogP contribution in [0, 0.1) is 13.8 Å². The van der Waals surface area contributed by atoms with Crippen LogP contribution in [0.1, 0.15) is 27.3 Å². The lowest BCUT2D eigenvalue weighted by molar-refractivity contribution is 0.101. The summed E-state index contributed by atoms with van der Waals surface area (Å²) >= 11 is 3.41. The number of carbonyl (C=O) groups is 1. The summed E-state index contributed by atoms with van der Waals surface area (Å²) in [5, 5.41) is 11.4. The zero-order chi connectivity index (χ0) is 17.3. The smallest absolute Gasteiger partial charge is 0.275 e. The Bertz CT molecular complexity index is 896. The van der Waals surface area contributed by atoms with Crippen LogP contribution >= 0.6 is 15.9 Å². The average molecular weight is 388 g/mol. The monoisotopic (exact) mass is 387 g/mol. The van der Waals surface area contributed by atoms with Gasteiger partial charge < -0.3 is 5.32 Å². The van der Waals surface area contributed by atoms with Crippen molar-refractivity contribution in [2.75, 3.05) is 5.32 Å². The first kappa shape index (κ1) is 16.4. The molecule has 0 aliphatic heterocycles. The molecule has 0 aliphatic rings. The lowest BCUT2D eigenvalue weighted by Gasteiger charge is -2.05. The molecule has 0 bridgehead atoms. The maximum absolute atomic E-state index is 12.5. The van der Waals surface area contributed by atoms with E-state index in [0.29, 0.717) is 22.4 Å². The minimum absolute atomic E-state index is 0.222. The fraction of sp³-hybridized carbons (Fsp3) is 0.235. The van der Waals surface area contributed by atoms with Gasteiger partial charge in [0.05, 0.1) is 28.6 Å². The average Bonchev–Trinajstić information content (AvgIpc) is 3.06. The van der Waals surface area contributed by atoms with E-state index >= 15 is 0 Å². The third-order valence-electron chi connectivity index (χ3n) is 3.85. The summed E-state index contributed by atoms with van der Waals surface area (Å²) in [4.78, 5) is 12.5. The summed E-state index contributed by atoms with van der Waals surface area (Å²) in [5.74, 6) is -0.222. The zero-order valence-corrected chi connectivity index (χ0v) is 15.3. The number of benzene rings is 1. The predicted octanol–water partition coefficient (Wildman–Crippen LogP) is 3.30. The fourth-order valence-corrected chi connectivity index (χ4v) is 3.06. The topological polar surface area (TPSA) is 64.7 Å². The highest BCUT2D eigenvalue weighted by Gasteiger charge is 2.18. The van der Waals surface area contributed by atoms with E-state index in [9.17, 15) is 4.79 Å². The predicted molar refractivity (Wildman–Crippen MR) is 96.1 cm³/mol. The van der Waals surface area contributed by atoms with E-state index in [1.165, 1.54) is 11.1 Å². The number of amides is 1. The molecule has 2 heterocycles. The second-order valence-electron chi connectivity index (χ2n) is 5.68. The molecule has 2 aromatic heterocycles. The number of anilines is 1. The van der Waals surface area contributed by atoms with Gasteiger partial charge in [0.25, 0.3) is 5.91 Å². The molecule has 0 spiro atoms. The van der Waals surface area contributed by atoms with Crippen molar-refractivity contribution >= 4 is 27.5 Å². The number of aromatic nitrogens is 4. The number of hydrogen-bond donors (Lipinski definition) is 1. The Morgan fingerprint density at radius 2 is 2.04 bits per heavy atom. The van der Waals surface area contributed by atoms with E-state index in [1.807, 2.05) is 29.9 Å². The molecule has 0 saturated carbocycles. The Balaban J connectivity index is 1.74. The lowest BCUT2D eigenvalue weighted by Crippen LogP contribution is -2.16. The second-order valence-corrected chi connectivity index (χ2v) is 6.47. The van der Waals surface area contributed by atoms with Crippen LogP contribution in [-0.4, -0.2) is 25.5 Å². The van der Waals surface area contributed by atoms with Crippen molar-refractivity contribution < 1.29 is 4.79 Å². The Labute approximate surface area is 148 Å². The summed E-state index contributed by atoms with van der Waals surface area (Å²) in [6, 6.07) is 8.17. The lowest BCUT2D eigenvalue weighted by atomic mass is 10.1.